The van der Waals surface area contributed by atoms with E-state index in [2.05, 4.69) is 20.1 Å². The molecular formula is C18H22N6O2. The summed E-state index contributed by atoms with van der Waals surface area (Å²) in [7, 11) is 1.76. The third kappa shape index (κ3) is 4.33. The van der Waals surface area contributed by atoms with Crippen LogP contribution in [-0.4, -0.2) is 77.1 Å². The number of piperazine rings is 1. The summed E-state index contributed by atoms with van der Waals surface area (Å²) in [5, 5.41) is 8.28. The normalized spacial score (nSPS) is 14.2. The van der Waals surface area contributed by atoms with Gasteiger partial charge < -0.3 is 14.7 Å². The van der Waals surface area contributed by atoms with Crippen LogP contribution in [0.2, 0.25) is 0 Å². The molecule has 1 aliphatic rings. The Morgan fingerprint density at radius 3 is 2.46 bits per heavy atom. The molecule has 1 saturated heterocycles. The first-order valence-corrected chi connectivity index (χ1v) is 8.60. The van der Waals surface area contributed by atoms with Crippen molar-refractivity contribution < 1.29 is 9.59 Å². The quantitative estimate of drug-likeness (QED) is 0.701. The highest BCUT2D eigenvalue weighted by molar-refractivity contribution is 5.92. The molecule has 0 spiro atoms. The molecule has 0 aliphatic carbocycles. The summed E-state index contributed by atoms with van der Waals surface area (Å²) in [6, 6.07) is 7.40. The van der Waals surface area contributed by atoms with Crippen molar-refractivity contribution in [1.29, 1.82) is 0 Å². The Morgan fingerprint density at radius 2 is 1.85 bits per heavy atom. The van der Waals surface area contributed by atoms with Gasteiger partial charge in [-0.15, -0.1) is 10.2 Å². The van der Waals surface area contributed by atoms with Crippen LogP contribution in [0.15, 0.2) is 36.7 Å². The zero-order valence-electron chi connectivity index (χ0n) is 14.8. The average Bonchev–Trinajstić information content (AvgIpc) is 2.72. The van der Waals surface area contributed by atoms with E-state index in [1.54, 1.807) is 35.3 Å². The molecule has 0 N–H and O–H groups in total. The number of likely N-dealkylation sites (N-methyl/N-ethyl adjacent to an activating group) is 1. The number of nitrogens with zero attached hydrogens (tertiary/aromatic N) is 6. The van der Waals surface area contributed by atoms with Crippen molar-refractivity contribution >= 4 is 18.1 Å². The molecule has 26 heavy (non-hydrogen) atoms. The maximum absolute atomic E-state index is 12.5. The van der Waals surface area contributed by atoms with Gasteiger partial charge in [-0.1, -0.05) is 0 Å². The molecule has 0 atom stereocenters. The molecular weight excluding hydrogens is 332 g/mol. The lowest BCUT2D eigenvalue weighted by molar-refractivity contribution is -0.118. The summed E-state index contributed by atoms with van der Waals surface area (Å²) < 4.78 is 0. The molecule has 1 aliphatic heterocycles. The highest BCUT2D eigenvalue weighted by atomic mass is 16.2. The third-order valence-electron chi connectivity index (χ3n) is 4.49. The summed E-state index contributed by atoms with van der Waals surface area (Å²) in [5.41, 5.74) is 1.47. The van der Waals surface area contributed by atoms with Crippen LogP contribution in [0, 0.1) is 0 Å². The molecule has 2 aromatic rings. The predicted octanol–water partition coefficient (Wildman–Crippen LogP) is 0.465. The van der Waals surface area contributed by atoms with E-state index in [0.717, 1.165) is 24.2 Å². The molecule has 8 nitrogen and oxygen atoms in total. The van der Waals surface area contributed by atoms with Gasteiger partial charge in [0.1, 0.15) is 0 Å². The third-order valence-corrected chi connectivity index (χ3v) is 4.49. The Kier molecular flexibility index (Phi) is 5.73. The Morgan fingerprint density at radius 1 is 1.12 bits per heavy atom. The zero-order chi connectivity index (χ0) is 18.4. The van der Waals surface area contributed by atoms with Crippen molar-refractivity contribution in [3.63, 3.8) is 0 Å². The molecule has 8 heteroatoms. The summed E-state index contributed by atoms with van der Waals surface area (Å²) in [5.74, 6) is 0.579. The number of pyridine rings is 1. The minimum absolute atomic E-state index is 0.149. The van der Waals surface area contributed by atoms with Crippen molar-refractivity contribution in [2.75, 3.05) is 44.7 Å². The molecule has 1 fully saturated rings. The van der Waals surface area contributed by atoms with Crippen molar-refractivity contribution in [3.05, 3.63) is 47.9 Å². The molecule has 0 radical (unpaired) electrons. The summed E-state index contributed by atoms with van der Waals surface area (Å²) >= 11 is 0. The van der Waals surface area contributed by atoms with E-state index >= 15 is 0 Å². The number of rotatable bonds is 6. The van der Waals surface area contributed by atoms with Crippen molar-refractivity contribution in [3.8, 4) is 0 Å². The number of amides is 2. The van der Waals surface area contributed by atoms with Crippen LogP contribution >= 0.6 is 0 Å². The lowest BCUT2D eigenvalue weighted by atomic mass is 10.2. The van der Waals surface area contributed by atoms with Gasteiger partial charge in [-0.25, -0.2) is 0 Å². The average molecular weight is 354 g/mol. The number of carbonyl (C=O) groups excluding carboxylic acids is 2. The smallest absolute Gasteiger partial charge is 0.274 e. The van der Waals surface area contributed by atoms with Crippen molar-refractivity contribution in [2.45, 2.75) is 6.42 Å². The second kappa shape index (κ2) is 8.37. The van der Waals surface area contributed by atoms with Gasteiger partial charge in [0.05, 0.1) is 0 Å². The van der Waals surface area contributed by atoms with Crippen LogP contribution in [-0.2, 0) is 11.2 Å². The fourth-order valence-electron chi connectivity index (χ4n) is 2.81. The predicted molar refractivity (Wildman–Crippen MR) is 96.8 cm³/mol. The number of hydrogen-bond acceptors (Lipinski definition) is 6. The fraction of sp³-hybridized carbons (Fsp3) is 0.389. The Hall–Kier alpha value is -3.03. The van der Waals surface area contributed by atoms with Crippen LogP contribution in [0.3, 0.4) is 0 Å². The fourth-order valence-corrected chi connectivity index (χ4v) is 2.81. The highest BCUT2D eigenvalue weighted by Crippen LogP contribution is 2.13. The largest absolute Gasteiger partial charge is 0.352 e. The molecule has 136 valence electrons. The molecule has 0 unspecified atom stereocenters. The van der Waals surface area contributed by atoms with E-state index in [1.165, 1.54) is 0 Å². The number of anilines is 1. The first-order chi connectivity index (χ1) is 12.7. The van der Waals surface area contributed by atoms with Crippen molar-refractivity contribution in [1.82, 2.24) is 25.0 Å². The number of aromatic nitrogens is 3. The maximum Gasteiger partial charge on any atom is 0.274 e. The van der Waals surface area contributed by atoms with Gasteiger partial charge in [0.15, 0.2) is 11.5 Å². The molecule has 0 aromatic carbocycles. The molecule has 2 aromatic heterocycles. The monoisotopic (exact) mass is 354 g/mol. The summed E-state index contributed by atoms with van der Waals surface area (Å²) in [4.78, 5) is 32.7. The van der Waals surface area contributed by atoms with Crippen LogP contribution in [0.4, 0.5) is 5.82 Å². The van der Waals surface area contributed by atoms with E-state index in [1.807, 2.05) is 18.2 Å². The Labute approximate surface area is 152 Å². The minimum Gasteiger partial charge on any atom is -0.352 e. The van der Waals surface area contributed by atoms with Gasteiger partial charge in [0.2, 0.25) is 6.41 Å². The molecule has 0 saturated carbocycles. The summed E-state index contributed by atoms with van der Waals surface area (Å²) in [6.07, 6.45) is 5.12. The zero-order valence-corrected chi connectivity index (χ0v) is 14.8. The van der Waals surface area contributed by atoms with Gasteiger partial charge in [0.25, 0.3) is 5.91 Å². The maximum atomic E-state index is 12.5. The van der Waals surface area contributed by atoms with Gasteiger partial charge in [0, 0.05) is 52.2 Å². The van der Waals surface area contributed by atoms with E-state index in [9.17, 15) is 9.59 Å². The first-order valence-electron chi connectivity index (χ1n) is 8.60. The Bertz CT molecular complexity index is 729. The van der Waals surface area contributed by atoms with Gasteiger partial charge in [-0.05, 0) is 36.2 Å². The standard InChI is InChI=1S/C18H22N6O2/c1-22(9-6-15-4-7-19-8-5-15)18(26)16-2-3-17(21-20-16)24-12-10-23(14-25)11-13-24/h2-5,7-8,14H,6,9-13H2,1H3. The molecule has 0 bridgehead atoms. The first kappa shape index (κ1) is 17.8. The van der Waals surface area contributed by atoms with Gasteiger partial charge in [-0.2, -0.15) is 0 Å². The van der Waals surface area contributed by atoms with E-state index < -0.39 is 0 Å². The molecule has 3 heterocycles. The topological polar surface area (TPSA) is 82.5 Å². The van der Waals surface area contributed by atoms with Crippen LogP contribution in [0.1, 0.15) is 16.1 Å². The highest BCUT2D eigenvalue weighted by Gasteiger charge is 2.19. The Balaban J connectivity index is 1.55. The second-order valence-electron chi connectivity index (χ2n) is 6.24. The minimum atomic E-state index is -0.149. The van der Waals surface area contributed by atoms with E-state index in [-0.39, 0.29) is 5.91 Å². The van der Waals surface area contributed by atoms with E-state index in [0.29, 0.717) is 38.4 Å². The number of carbonyl (C=O) groups is 2. The lowest BCUT2D eigenvalue weighted by Gasteiger charge is -2.32. The molecule has 3 rings (SSSR count). The van der Waals surface area contributed by atoms with Crippen LogP contribution in [0.5, 0.6) is 0 Å². The van der Waals surface area contributed by atoms with E-state index in [4.69, 9.17) is 0 Å². The van der Waals surface area contributed by atoms with Gasteiger partial charge >= 0.3 is 0 Å². The van der Waals surface area contributed by atoms with Crippen LogP contribution < -0.4 is 4.90 Å². The van der Waals surface area contributed by atoms with Crippen molar-refractivity contribution in [2.24, 2.45) is 0 Å². The molecule has 2 amide bonds. The number of hydrogen-bond donors (Lipinski definition) is 0. The summed E-state index contributed by atoms with van der Waals surface area (Å²) in [6.45, 7) is 3.37. The van der Waals surface area contributed by atoms with Gasteiger partial charge in [-0.3, -0.25) is 14.6 Å². The second-order valence-corrected chi connectivity index (χ2v) is 6.24. The lowest BCUT2D eigenvalue weighted by Crippen LogP contribution is -2.46. The SMILES string of the molecule is CN(CCc1ccncc1)C(=O)c1ccc(N2CCN(C=O)CC2)nn1. The van der Waals surface area contributed by atoms with Crippen LogP contribution in [0.25, 0.3) is 0 Å².